The predicted octanol–water partition coefficient (Wildman–Crippen LogP) is 4.13. The van der Waals surface area contributed by atoms with Gasteiger partial charge in [-0.05, 0) is 64.5 Å². The molecule has 1 fully saturated rings. The van der Waals surface area contributed by atoms with Gasteiger partial charge in [-0.25, -0.2) is 0 Å². The molecular formula is C15H22Cl2N2. The monoisotopic (exact) mass is 300 g/mol. The van der Waals surface area contributed by atoms with Gasteiger partial charge in [-0.2, -0.15) is 0 Å². The van der Waals surface area contributed by atoms with Crippen LogP contribution in [0, 0.1) is 0 Å². The second-order valence-corrected chi connectivity index (χ2v) is 6.56. The minimum Gasteiger partial charge on any atom is -0.311 e. The maximum atomic E-state index is 6.15. The first kappa shape index (κ1) is 15.1. The van der Waals surface area contributed by atoms with Gasteiger partial charge in [0.05, 0.1) is 10.0 Å². The average molecular weight is 301 g/mol. The minimum atomic E-state index is 0.0579. The third-order valence-electron chi connectivity index (χ3n) is 4.19. The van der Waals surface area contributed by atoms with Crippen LogP contribution in [0.4, 0.5) is 0 Å². The van der Waals surface area contributed by atoms with Crippen molar-refractivity contribution in [2.45, 2.75) is 38.3 Å². The zero-order valence-corrected chi connectivity index (χ0v) is 13.4. The summed E-state index contributed by atoms with van der Waals surface area (Å²) in [5.41, 5.74) is 1.25. The average Bonchev–Trinajstić information content (AvgIpc) is 2.88. The van der Waals surface area contributed by atoms with Crippen molar-refractivity contribution in [1.82, 2.24) is 10.2 Å². The van der Waals surface area contributed by atoms with E-state index in [1.807, 2.05) is 19.2 Å². The van der Waals surface area contributed by atoms with Crippen LogP contribution in [-0.4, -0.2) is 30.6 Å². The molecule has 2 rings (SSSR count). The molecule has 4 heteroatoms. The Morgan fingerprint density at radius 3 is 2.32 bits per heavy atom. The molecule has 1 aromatic rings. The molecule has 0 aromatic heterocycles. The Bertz CT molecular complexity index is 440. The number of halogens is 2. The van der Waals surface area contributed by atoms with Gasteiger partial charge < -0.3 is 5.32 Å². The molecule has 1 aliphatic rings. The van der Waals surface area contributed by atoms with Crippen molar-refractivity contribution in [2.24, 2.45) is 0 Å². The van der Waals surface area contributed by atoms with E-state index in [1.54, 1.807) is 0 Å². The summed E-state index contributed by atoms with van der Waals surface area (Å²) in [7, 11) is 2.00. The summed E-state index contributed by atoms with van der Waals surface area (Å²) in [4.78, 5) is 2.55. The van der Waals surface area contributed by atoms with Crippen LogP contribution in [0.3, 0.4) is 0 Å². The number of nitrogens with zero attached hydrogens (tertiary/aromatic N) is 1. The number of likely N-dealkylation sites (N-methyl/N-ethyl adjacent to an activating group) is 1. The third-order valence-corrected chi connectivity index (χ3v) is 4.93. The van der Waals surface area contributed by atoms with Crippen molar-refractivity contribution in [3.63, 3.8) is 0 Å². The van der Waals surface area contributed by atoms with Crippen LogP contribution in [0.1, 0.15) is 38.3 Å². The fourth-order valence-electron chi connectivity index (χ4n) is 3.10. The van der Waals surface area contributed by atoms with Crippen LogP contribution in [-0.2, 0) is 0 Å². The van der Waals surface area contributed by atoms with E-state index in [4.69, 9.17) is 23.2 Å². The second kappa shape index (κ2) is 6.01. The molecule has 1 unspecified atom stereocenters. The number of likely N-dealkylation sites (tertiary alicyclic amines) is 1. The highest BCUT2D eigenvalue weighted by atomic mass is 35.5. The summed E-state index contributed by atoms with van der Waals surface area (Å²) in [6, 6.07) is 6.15. The maximum Gasteiger partial charge on any atom is 0.0595 e. The van der Waals surface area contributed by atoms with Crippen LogP contribution in [0.2, 0.25) is 10.0 Å². The standard InChI is InChI=1S/C15H22Cl2N2/c1-15(2,19-8-4-5-9-19)14(18-3)11-6-7-12(16)13(17)10-11/h6-7,10,14,18H,4-5,8-9H2,1-3H3. The molecule has 19 heavy (non-hydrogen) atoms. The van der Waals surface area contributed by atoms with Crippen LogP contribution in [0.5, 0.6) is 0 Å². The van der Waals surface area contributed by atoms with E-state index >= 15 is 0 Å². The minimum absolute atomic E-state index is 0.0579. The molecule has 0 amide bonds. The van der Waals surface area contributed by atoms with Gasteiger partial charge in [0.2, 0.25) is 0 Å². The van der Waals surface area contributed by atoms with Gasteiger partial charge in [0.25, 0.3) is 0 Å². The van der Waals surface area contributed by atoms with Gasteiger partial charge in [0.1, 0.15) is 0 Å². The molecule has 2 nitrogen and oxygen atoms in total. The summed E-state index contributed by atoms with van der Waals surface area (Å²) in [6.07, 6.45) is 2.59. The van der Waals surface area contributed by atoms with Gasteiger partial charge in [0.15, 0.2) is 0 Å². The van der Waals surface area contributed by atoms with Crippen LogP contribution in [0.15, 0.2) is 18.2 Å². The molecule has 1 atom stereocenters. The summed E-state index contributed by atoms with van der Waals surface area (Å²) < 4.78 is 0. The second-order valence-electron chi connectivity index (χ2n) is 5.74. The van der Waals surface area contributed by atoms with Gasteiger partial charge in [-0.3, -0.25) is 4.90 Å². The number of nitrogens with one attached hydrogen (secondary N) is 1. The molecule has 0 spiro atoms. The van der Waals surface area contributed by atoms with Gasteiger partial charge in [-0.15, -0.1) is 0 Å². The molecule has 0 bridgehead atoms. The number of benzene rings is 1. The van der Waals surface area contributed by atoms with Gasteiger partial charge in [-0.1, -0.05) is 29.3 Å². The molecule has 0 radical (unpaired) electrons. The summed E-state index contributed by atoms with van der Waals surface area (Å²) in [5.74, 6) is 0. The molecule has 1 saturated heterocycles. The van der Waals surface area contributed by atoms with E-state index in [2.05, 4.69) is 30.1 Å². The van der Waals surface area contributed by atoms with E-state index in [1.165, 1.54) is 31.5 Å². The Morgan fingerprint density at radius 2 is 1.79 bits per heavy atom. The highest BCUT2D eigenvalue weighted by Crippen LogP contribution is 2.35. The van der Waals surface area contributed by atoms with Crippen molar-refractivity contribution in [3.8, 4) is 0 Å². The van der Waals surface area contributed by atoms with E-state index < -0.39 is 0 Å². The topological polar surface area (TPSA) is 15.3 Å². The third kappa shape index (κ3) is 3.08. The van der Waals surface area contributed by atoms with E-state index in [0.717, 1.165) is 0 Å². The van der Waals surface area contributed by atoms with Crippen LogP contribution in [0.25, 0.3) is 0 Å². The lowest BCUT2D eigenvalue weighted by Gasteiger charge is -2.42. The van der Waals surface area contributed by atoms with Crippen LogP contribution < -0.4 is 5.32 Å². The summed E-state index contributed by atoms with van der Waals surface area (Å²) >= 11 is 12.2. The van der Waals surface area contributed by atoms with E-state index in [-0.39, 0.29) is 11.6 Å². The summed E-state index contributed by atoms with van der Waals surface area (Å²) in [6.45, 7) is 6.93. The predicted molar refractivity (Wildman–Crippen MR) is 83.1 cm³/mol. The molecule has 1 aliphatic heterocycles. The Morgan fingerprint density at radius 1 is 1.16 bits per heavy atom. The Hall–Kier alpha value is -0.280. The highest BCUT2D eigenvalue weighted by Gasteiger charge is 2.36. The number of hydrogen-bond donors (Lipinski definition) is 1. The lowest BCUT2D eigenvalue weighted by atomic mass is 9.87. The first-order chi connectivity index (χ1) is 8.96. The van der Waals surface area contributed by atoms with Gasteiger partial charge >= 0.3 is 0 Å². The van der Waals surface area contributed by atoms with Gasteiger partial charge in [0, 0.05) is 11.6 Å². The molecule has 0 saturated carbocycles. The molecule has 1 N–H and O–H groups in total. The van der Waals surface area contributed by atoms with Crippen molar-refractivity contribution in [1.29, 1.82) is 0 Å². The number of rotatable bonds is 4. The Kier molecular flexibility index (Phi) is 4.78. The molecule has 1 heterocycles. The first-order valence-corrected chi connectivity index (χ1v) is 7.59. The quantitative estimate of drug-likeness (QED) is 0.899. The lowest BCUT2D eigenvalue weighted by Crippen LogP contribution is -2.50. The largest absolute Gasteiger partial charge is 0.311 e. The molecule has 0 aliphatic carbocycles. The van der Waals surface area contributed by atoms with Crippen molar-refractivity contribution in [3.05, 3.63) is 33.8 Å². The maximum absolute atomic E-state index is 6.15. The zero-order valence-electron chi connectivity index (χ0n) is 11.8. The van der Waals surface area contributed by atoms with Crippen molar-refractivity contribution >= 4 is 23.2 Å². The van der Waals surface area contributed by atoms with E-state index in [0.29, 0.717) is 10.0 Å². The lowest BCUT2D eigenvalue weighted by molar-refractivity contribution is 0.110. The smallest absolute Gasteiger partial charge is 0.0595 e. The zero-order chi connectivity index (χ0) is 14.0. The Balaban J connectivity index is 2.29. The summed E-state index contributed by atoms with van der Waals surface area (Å²) in [5, 5.41) is 4.67. The van der Waals surface area contributed by atoms with E-state index in [9.17, 15) is 0 Å². The molecular weight excluding hydrogens is 279 g/mol. The fraction of sp³-hybridized carbons (Fsp3) is 0.600. The Labute approximate surface area is 126 Å². The normalized spacial score (nSPS) is 18.8. The highest BCUT2D eigenvalue weighted by molar-refractivity contribution is 6.42. The molecule has 106 valence electrons. The number of hydrogen-bond acceptors (Lipinski definition) is 2. The molecule has 1 aromatic carbocycles. The van der Waals surface area contributed by atoms with Crippen molar-refractivity contribution < 1.29 is 0 Å². The van der Waals surface area contributed by atoms with Crippen LogP contribution >= 0.6 is 23.2 Å². The SMILES string of the molecule is CNC(c1ccc(Cl)c(Cl)c1)C(C)(C)N1CCCC1. The fourth-order valence-corrected chi connectivity index (χ4v) is 3.40. The van der Waals surface area contributed by atoms with Crippen molar-refractivity contribution in [2.75, 3.05) is 20.1 Å². The first-order valence-electron chi connectivity index (χ1n) is 6.84.